The van der Waals surface area contributed by atoms with Gasteiger partial charge in [-0.2, -0.15) is 0 Å². The molecule has 3 aromatic rings. The normalized spacial score (nSPS) is 17.6. The maximum atomic E-state index is 13.1. The van der Waals surface area contributed by atoms with Crippen molar-refractivity contribution in [1.82, 2.24) is 14.5 Å². The van der Waals surface area contributed by atoms with Gasteiger partial charge in [0.05, 0.1) is 28.7 Å². The van der Waals surface area contributed by atoms with Gasteiger partial charge in [0.25, 0.3) is 0 Å². The largest absolute Gasteiger partial charge is 0.369 e. The molecule has 1 aliphatic heterocycles. The maximum Gasteiger partial charge on any atom is 0.235 e. The van der Waals surface area contributed by atoms with Crippen LogP contribution in [0.4, 0.5) is 0 Å². The number of hydrogen-bond donors (Lipinski definition) is 1. The minimum atomic E-state index is -0.339. The number of hydrogen-bond acceptors (Lipinski definition) is 4. The predicted octanol–water partition coefficient (Wildman–Crippen LogP) is 3.94. The first-order valence-electron chi connectivity index (χ1n) is 10.4. The molecule has 0 saturated carbocycles. The molecule has 162 valence electrons. The number of imidazole rings is 1. The van der Waals surface area contributed by atoms with Crippen LogP contribution in [-0.2, 0) is 16.1 Å². The van der Waals surface area contributed by atoms with E-state index in [4.69, 9.17) is 22.3 Å². The van der Waals surface area contributed by atoms with E-state index in [0.717, 1.165) is 34.6 Å². The van der Waals surface area contributed by atoms with E-state index in [9.17, 15) is 9.59 Å². The van der Waals surface area contributed by atoms with Crippen LogP contribution in [0.5, 0.6) is 0 Å². The van der Waals surface area contributed by atoms with E-state index in [1.807, 2.05) is 43.3 Å². The first-order chi connectivity index (χ1) is 14.9. The number of carbonyl (C=O) groups excluding carboxylic acids is 2. The third kappa shape index (κ3) is 4.88. The number of nitrogens with two attached hydrogens (primary N) is 1. The molecule has 2 N–H and O–H groups in total. The van der Waals surface area contributed by atoms with Gasteiger partial charge < -0.3 is 15.2 Å². The summed E-state index contributed by atoms with van der Waals surface area (Å²) in [7, 11) is 0. The first-order valence-corrected chi connectivity index (χ1v) is 11.6. The molecule has 4 rings (SSSR count). The molecule has 8 heteroatoms. The van der Waals surface area contributed by atoms with Crippen LogP contribution in [0.3, 0.4) is 0 Å². The van der Waals surface area contributed by atoms with Gasteiger partial charge in [0.15, 0.2) is 5.16 Å². The predicted molar refractivity (Wildman–Crippen MR) is 124 cm³/mol. The Morgan fingerprint density at radius 2 is 2.03 bits per heavy atom. The topological polar surface area (TPSA) is 81.2 Å². The van der Waals surface area contributed by atoms with Crippen LogP contribution in [0.1, 0.15) is 25.3 Å². The molecule has 0 bridgehead atoms. The van der Waals surface area contributed by atoms with Crippen LogP contribution in [0.15, 0.2) is 53.7 Å². The summed E-state index contributed by atoms with van der Waals surface area (Å²) in [5, 5.41) is 1.06. The van der Waals surface area contributed by atoms with Crippen molar-refractivity contribution in [2.75, 3.05) is 13.1 Å². The third-order valence-electron chi connectivity index (χ3n) is 5.62. The van der Waals surface area contributed by atoms with Gasteiger partial charge >= 0.3 is 0 Å². The van der Waals surface area contributed by atoms with E-state index in [1.165, 1.54) is 11.8 Å². The molecule has 1 aromatic heterocycles. The van der Waals surface area contributed by atoms with Crippen molar-refractivity contribution in [1.29, 1.82) is 0 Å². The molecule has 2 amide bonds. The summed E-state index contributed by atoms with van der Waals surface area (Å²) in [5.41, 5.74) is 8.40. The minimum Gasteiger partial charge on any atom is -0.369 e. The molecule has 2 aromatic carbocycles. The first kappa shape index (κ1) is 21.7. The monoisotopic (exact) mass is 456 g/mol. The Hall–Kier alpha value is -2.51. The van der Waals surface area contributed by atoms with Crippen LogP contribution < -0.4 is 5.73 Å². The standard InChI is InChI=1S/C23H25ClN4O2S/c1-15(22(30)27-11-5-8-17(14-27)21(25)29)31-23-26-19-12-18(24)9-10-20(19)28(23)13-16-6-3-2-4-7-16/h2-4,6-7,9-10,12,15,17H,5,8,11,13-14H2,1H3,(H2,25,29). The Labute approximate surface area is 190 Å². The number of piperidine rings is 1. The summed E-state index contributed by atoms with van der Waals surface area (Å²) in [5.74, 6) is -0.591. The number of thioether (sulfide) groups is 1. The highest BCUT2D eigenvalue weighted by atomic mass is 35.5. The van der Waals surface area contributed by atoms with Crippen LogP contribution >= 0.6 is 23.4 Å². The van der Waals surface area contributed by atoms with Gasteiger partial charge in [-0.3, -0.25) is 9.59 Å². The lowest BCUT2D eigenvalue weighted by Gasteiger charge is -2.32. The van der Waals surface area contributed by atoms with Gasteiger partial charge in [0, 0.05) is 18.1 Å². The van der Waals surface area contributed by atoms with E-state index in [0.29, 0.717) is 24.7 Å². The van der Waals surface area contributed by atoms with Crippen molar-refractivity contribution in [2.24, 2.45) is 11.7 Å². The van der Waals surface area contributed by atoms with Crippen LogP contribution in [0.2, 0.25) is 5.02 Å². The van der Waals surface area contributed by atoms with Gasteiger partial charge in [-0.1, -0.05) is 53.7 Å². The van der Waals surface area contributed by atoms with Crippen molar-refractivity contribution in [3.8, 4) is 0 Å². The molecule has 0 spiro atoms. The summed E-state index contributed by atoms with van der Waals surface area (Å²) in [6.07, 6.45) is 1.54. The van der Waals surface area contributed by atoms with E-state index >= 15 is 0 Å². The van der Waals surface area contributed by atoms with Crippen LogP contribution in [0, 0.1) is 5.92 Å². The van der Waals surface area contributed by atoms with Crippen molar-refractivity contribution in [2.45, 2.75) is 36.7 Å². The molecule has 2 heterocycles. The Kier molecular flexibility index (Phi) is 6.53. The fourth-order valence-corrected chi connectivity index (χ4v) is 5.14. The molecule has 31 heavy (non-hydrogen) atoms. The molecule has 0 aliphatic carbocycles. The second kappa shape index (κ2) is 9.32. The van der Waals surface area contributed by atoms with Crippen LogP contribution in [0.25, 0.3) is 11.0 Å². The molecular formula is C23H25ClN4O2S. The number of amides is 2. The molecule has 1 saturated heterocycles. The van der Waals surface area contributed by atoms with E-state index < -0.39 is 0 Å². The fourth-order valence-electron chi connectivity index (χ4n) is 3.96. The van der Waals surface area contributed by atoms with Gasteiger partial charge in [-0.15, -0.1) is 0 Å². The Morgan fingerprint density at radius 3 is 2.77 bits per heavy atom. The third-order valence-corrected chi connectivity index (χ3v) is 6.94. The van der Waals surface area contributed by atoms with Crippen LogP contribution in [-0.4, -0.2) is 44.6 Å². The molecule has 6 nitrogen and oxygen atoms in total. The summed E-state index contributed by atoms with van der Waals surface area (Å²) in [6, 6.07) is 15.8. The van der Waals surface area contributed by atoms with Gasteiger partial charge in [-0.05, 0) is 43.5 Å². The lowest BCUT2D eigenvalue weighted by molar-refractivity contribution is -0.134. The number of primary amides is 1. The number of halogens is 1. The lowest BCUT2D eigenvalue weighted by Crippen LogP contribution is -2.46. The maximum absolute atomic E-state index is 13.1. The highest BCUT2D eigenvalue weighted by Crippen LogP contribution is 2.31. The Bertz CT molecular complexity index is 1100. The van der Waals surface area contributed by atoms with Crippen molar-refractivity contribution in [3.63, 3.8) is 0 Å². The molecule has 2 atom stereocenters. The number of likely N-dealkylation sites (tertiary alicyclic amines) is 1. The molecule has 0 radical (unpaired) electrons. The second-order valence-electron chi connectivity index (χ2n) is 7.89. The number of benzene rings is 2. The zero-order valence-corrected chi connectivity index (χ0v) is 18.9. The fraction of sp³-hybridized carbons (Fsp3) is 0.348. The van der Waals surface area contributed by atoms with E-state index in [1.54, 1.807) is 4.90 Å². The van der Waals surface area contributed by atoms with Gasteiger partial charge in [0.1, 0.15) is 0 Å². The number of carbonyl (C=O) groups is 2. The Balaban J connectivity index is 1.59. The molecule has 2 unspecified atom stereocenters. The summed E-state index contributed by atoms with van der Waals surface area (Å²) >= 11 is 7.62. The molecular weight excluding hydrogens is 432 g/mol. The van der Waals surface area contributed by atoms with Gasteiger partial charge in [-0.25, -0.2) is 4.98 Å². The zero-order chi connectivity index (χ0) is 22.0. The number of fused-ring (bicyclic) bond motifs is 1. The summed E-state index contributed by atoms with van der Waals surface area (Å²) in [4.78, 5) is 31.2. The number of rotatable bonds is 6. The van der Waals surface area contributed by atoms with E-state index in [2.05, 4.69) is 16.7 Å². The Morgan fingerprint density at radius 1 is 1.26 bits per heavy atom. The quantitative estimate of drug-likeness (QED) is 0.569. The highest BCUT2D eigenvalue weighted by Gasteiger charge is 2.30. The average molecular weight is 457 g/mol. The molecule has 1 fully saturated rings. The zero-order valence-electron chi connectivity index (χ0n) is 17.3. The number of aromatic nitrogens is 2. The van der Waals surface area contributed by atoms with E-state index in [-0.39, 0.29) is 23.0 Å². The summed E-state index contributed by atoms with van der Waals surface area (Å²) in [6.45, 7) is 3.59. The van der Waals surface area contributed by atoms with Crippen molar-refractivity contribution in [3.05, 3.63) is 59.1 Å². The lowest BCUT2D eigenvalue weighted by atomic mass is 9.97. The SMILES string of the molecule is CC(Sc1nc2cc(Cl)ccc2n1Cc1ccccc1)C(=O)N1CCCC(C(N)=O)C1. The van der Waals surface area contributed by atoms with Crippen molar-refractivity contribution < 1.29 is 9.59 Å². The highest BCUT2D eigenvalue weighted by molar-refractivity contribution is 8.00. The van der Waals surface area contributed by atoms with Crippen molar-refractivity contribution >= 4 is 46.2 Å². The average Bonchev–Trinajstić information content (AvgIpc) is 3.09. The molecule has 1 aliphatic rings. The minimum absolute atomic E-state index is 0.00676. The number of nitrogens with zero attached hydrogens (tertiary/aromatic N) is 3. The second-order valence-corrected chi connectivity index (χ2v) is 9.63. The smallest absolute Gasteiger partial charge is 0.235 e. The van der Waals surface area contributed by atoms with Gasteiger partial charge in [0.2, 0.25) is 11.8 Å². The summed E-state index contributed by atoms with van der Waals surface area (Å²) < 4.78 is 2.12.